The molecule has 0 aromatic carbocycles. The number of anilines is 1. The van der Waals surface area contributed by atoms with Crippen molar-refractivity contribution < 1.29 is 29.0 Å². The molecule has 9 unspecified atom stereocenters. The molecule has 0 spiro atoms. The minimum absolute atomic E-state index is 0.00755. The van der Waals surface area contributed by atoms with E-state index in [4.69, 9.17) is 4.74 Å². The van der Waals surface area contributed by atoms with Crippen LogP contribution in [0.15, 0.2) is 18.5 Å². The Morgan fingerprint density at radius 2 is 1.62 bits per heavy atom. The Bertz CT molecular complexity index is 1530. The normalized spacial score (nSPS) is 40.5. The number of nitrogens with zero attached hydrogens (tertiary/aromatic N) is 2. The summed E-state index contributed by atoms with van der Waals surface area (Å²) in [7, 11) is 0. The molecule has 0 radical (unpaired) electrons. The van der Waals surface area contributed by atoms with Crippen LogP contribution in [-0.2, 0) is 19.1 Å². The van der Waals surface area contributed by atoms with Crippen molar-refractivity contribution in [2.24, 2.45) is 62.6 Å². The van der Waals surface area contributed by atoms with Crippen molar-refractivity contribution >= 4 is 29.7 Å². The first-order valence-corrected chi connectivity index (χ1v) is 19.0. The molecule has 1 aromatic rings. The standard InChI is InChI=1S/C40H60N4O6/c1-23(2)30-25(45)21-40(44-34(49)43-33-41-19-10-20-42-33)18-17-38(8)24(31(30)40)11-12-27-37(7)15-14-28(50-29(46)22-35(3,4)32(47)48)36(5,6)26(37)13-16-39(27,38)9/h10,19-20,23-24,26-28,30-31H,11-18,21-22H2,1-9H3,(H,47,48)(H2,41,42,43,44,49)/t24?,26?,27?,28?,30?,31?,37?,38-,39?,40?/m1/s1. The van der Waals surface area contributed by atoms with Gasteiger partial charge in [-0.25, -0.2) is 14.8 Å². The number of carbonyl (C=O) groups excluding carboxylic acids is 3. The highest BCUT2D eigenvalue weighted by molar-refractivity contribution is 5.91. The van der Waals surface area contributed by atoms with Crippen molar-refractivity contribution in [3.63, 3.8) is 0 Å². The molecule has 10 heteroatoms. The fourth-order valence-electron chi connectivity index (χ4n) is 13.0. The number of hydrogen-bond acceptors (Lipinski definition) is 7. The van der Waals surface area contributed by atoms with Crippen LogP contribution in [0.2, 0.25) is 0 Å². The molecule has 10 nitrogen and oxygen atoms in total. The molecular formula is C40H60N4O6. The SMILES string of the molecule is CC(C)C1C(=O)CC2(NC(=O)Nc3ncccn3)CC[C@]3(C)C(CCC4C5(C)CCC(OC(=O)CC(C)(C)C(=O)O)C(C)(C)C5CCC43C)C12. The van der Waals surface area contributed by atoms with E-state index in [1.807, 2.05) is 0 Å². The van der Waals surface area contributed by atoms with Crippen LogP contribution in [0.1, 0.15) is 127 Å². The monoisotopic (exact) mass is 692 g/mol. The van der Waals surface area contributed by atoms with Gasteiger partial charge in [-0.1, -0.05) is 48.5 Å². The van der Waals surface area contributed by atoms with Gasteiger partial charge in [-0.05, 0) is 117 Å². The Labute approximate surface area is 298 Å². The fraction of sp³-hybridized carbons (Fsp3) is 0.800. The van der Waals surface area contributed by atoms with E-state index < -0.39 is 22.9 Å². The molecule has 50 heavy (non-hydrogen) atoms. The number of amides is 2. The lowest BCUT2D eigenvalue weighted by Crippen LogP contribution is -2.69. The molecule has 5 saturated carbocycles. The quantitative estimate of drug-likeness (QED) is 0.247. The zero-order valence-electron chi connectivity index (χ0n) is 31.7. The maximum atomic E-state index is 13.9. The Morgan fingerprint density at radius 3 is 2.26 bits per heavy atom. The lowest BCUT2D eigenvalue weighted by molar-refractivity contribution is -0.247. The number of carbonyl (C=O) groups is 4. The van der Waals surface area contributed by atoms with Gasteiger partial charge in [0.05, 0.1) is 17.4 Å². The van der Waals surface area contributed by atoms with Gasteiger partial charge < -0.3 is 15.2 Å². The number of Topliss-reactive ketones (excluding diaryl/α,β-unsaturated/α-hetero) is 1. The van der Waals surface area contributed by atoms with E-state index in [0.717, 1.165) is 51.4 Å². The summed E-state index contributed by atoms with van der Waals surface area (Å²) in [5, 5.41) is 15.8. The zero-order valence-corrected chi connectivity index (χ0v) is 31.7. The first kappa shape index (κ1) is 36.7. The third-order valence-electron chi connectivity index (χ3n) is 15.6. The third kappa shape index (κ3) is 5.56. The van der Waals surface area contributed by atoms with Gasteiger partial charge in [0, 0.05) is 30.1 Å². The number of hydrogen-bond donors (Lipinski definition) is 3. The van der Waals surface area contributed by atoms with Gasteiger partial charge in [0.1, 0.15) is 11.9 Å². The fourth-order valence-corrected chi connectivity index (χ4v) is 13.0. The van der Waals surface area contributed by atoms with Gasteiger partial charge in [-0.3, -0.25) is 19.7 Å². The molecule has 276 valence electrons. The molecule has 5 fully saturated rings. The van der Waals surface area contributed by atoms with Crippen LogP contribution in [0, 0.1) is 62.6 Å². The van der Waals surface area contributed by atoms with Gasteiger partial charge >= 0.3 is 18.0 Å². The molecule has 3 N–H and O–H groups in total. The molecule has 0 saturated heterocycles. The van der Waals surface area contributed by atoms with Crippen LogP contribution in [0.25, 0.3) is 0 Å². The number of esters is 1. The first-order chi connectivity index (χ1) is 23.2. The maximum absolute atomic E-state index is 13.9. The van der Waals surface area contributed by atoms with Crippen LogP contribution >= 0.6 is 0 Å². The Kier molecular flexibility index (Phi) is 9.03. The van der Waals surface area contributed by atoms with E-state index >= 15 is 0 Å². The van der Waals surface area contributed by atoms with E-state index in [0.29, 0.717) is 24.2 Å². The highest BCUT2D eigenvalue weighted by Gasteiger charge is 2.72. The zero-order chi connectivity index (χ0) is 36.7. The average Bonchev–Trinajstić information content (AvgIpc) is 3.30. The highest BCUT2D eigenvalue weighted by Crippen LogP contribution is 2.76. The number of fused-ring (bicyclic) bond motifs is 7. The lowest BCUT2D eigenvalue weighted by atomic mass is 9.32. The molecular weight excluding hydrogens is 632 g/mol. The number of ether oxygens (including phenoxy) is 1. The predicted octanol–water partition coefficient (Wildman–Crippen LogP) is 7.68. The molecule has 1 heterocycles. The molecule has 0 bridgehead atoms. The number of aliphatic carboxylic acids is 1. The predicted molar refractivity (Wildman–Crippen MR) is 190 cm³/mol. The molecule has 6 rings (SSSR count). The molecule has 10 atom stereocenters. The summed E-state index contributed by atoms with van der Waals surface area (Å²) in [6, 6.07) is 1.36. The van der Waals surface area contributed by atoms with Gasteiger partial charge in [0.2, 0.25) is 5.95 Å². The van der Waals surface area contributed by atoms with Crippen molar-refractivity contribution in [3.8, 4) is 0 Å². The summed E-state index contributed by atoms with van der Waals surface area (Å²) >= 11 is 0. The number of aromatic nitrogens is 2. The van der Waals surface area contributed by atoms with E-state index in [9.17, 15) is 24.3 Å². The molecule has 2 amide bonds. The van der Waals surface area contributed by atoms with Crippen molar-refractivity contribution in [2.75, 3.05) is 5.32 Å². The topological polar surface area (TPSA) is 148 Å². The van der Waals surface area contributed by atoms with Gasteiger partial charge in [0.15, 0.2) is 0 Å². The smallest absolute Gasteiger partial charge is 0.322 e. The Morgan fingerprint density at radius 1 is 0.940 bits per heavy atom. The number of carboxylic acid groups (broad SMARTS) is 1. The number of nitrogens with one attached hydrogen (secondary N) is 2. The van der Waals surface area contributed by atoms with E-state index in [1.54, 1.807) is 32.3 Å². The Hall–Kier alpha value is -3.04. The van der Waals surface area contributed by atoms with Crippen LogP contribution in [0.5, 0.6) is 0 Å². The second-order valence-electron chi connectivity index (χ2n) is 19.1. The number of rotatable bonds is 7. The number of carboxylic acids is 1. The summed E-state index contributed by atoms with van der Waals surface area (Å²) in [4.78, 5) is 60.6. The van der Waals surface area contributed by atoms with Crippen LogP contribution in [-0.4, -0.2) is 50.5 Å². The molecule has 1 aromatic heterocycles. The lowest BCUT2D eigenvalue weighted by Gasteiger charge is -2.73. The minimum atomic E-state index is -1.17. The summed E-state index contributed by atoms with van der Waals surface area (Å²) in [5.41, 5.74) is -1.93. The highest BCUT2D eigenvalue weighted by atomic mass is 16.5. The van der Waals surface area contributed by atoms with E-state index in [2.05, 4.69) is 69.1 Å². The van der Waals surface area contributed by atoms with Crippen molar-refractivity contribution in [3.05, 3.63) is 18.5 Å². The van der Waals surface area contributed by atoms with Gasteiger partial charge in [-0.2, -0.15) is 0 Å². The van der Waals surface area contributed by atoms with E-state index in [-0.39, 0.29) is 69.7 Å². The second kappa shape index (κ2) is 12.3. The van der Waals surface area contributed by atoms with Gasteiger partial charge in [0.25, 0.3) is 0 Å². The third-order valence-corrected chi connectivity index (χ3v) is 15.6. The summed E-state index contributed by atoms with van der Waals surface area (Å²) < 4.78 is 6.14. The van der Waals surface area contributed by atoms with Crippen molar-refractivity contribution in [2.45, 2.75) is 138 Å². The first-order valence-electron chi connectivity index (χ1n) is 19.0. The van der Waals surface area contributed by atoms with Gasteiger partial charge in [-0.15, -0.1) is 0 Å². The number of urea groups is 1. The molecule has 5 aliphatic rings. The van der Waals surface area contributed by atoms with E-state index in [1.165, 1.54) is 0 Å². The maximum Gasteiger partial charge on any atom is 0.322 e. The van der Waals surface area contributed by atoms with Crippen LogP contribution < -0.4 is 10.6 Å². The average molecular weight is 693 g/mol. The van der Waals surface area contributed by atoms with Crippen molar-refractivity contribution in [1.29, 1.82) is 0 Å². The second-order valence-corrected chi connectivity index (χ2v) is 19.1. The number of ketones is 1. The van der Waals surface area contributed by atoms with Crippen LogP contribution in [0.4, 0.5) is 10.7 Å². The Balaban J connectivity index is 1.26. The summed E-state index contributed by atoms with van der Waals surface area (Å²) in [5.74, 6) is 0.364. The van der Waals surface area contributed by atoms with Crippen LogP contribution in [0.3, 0.4) is 0 Å². The summed E-state index contributed by atoms with van der Waals surface area (Å²) in [6.07, 6.45) is 10.8. The van der Waals surface area contributed by atoms with Crippen molar-refractivity contribution in [1.82, 2.24) is 15.3 Å². The summed E-state index contributed by atoms with van der Waals surface area (Å²) in [6.45, 7) is 19.5. The largest absolute Gasteiger partial charge is 0.481 e. The molecule has 0 aliphatic heterocycles. The minimum Gasteiger partial charge on any atom is -0.481 e. The molecule has 5 aliphatic carbocycles.